The summed E-state index contributed by atoms with van der Waals surface area (Å²) >= 11 is 3.63. The van der Waals surface area contributed by atoms with Gasteiger partial charge in [0, 0.05) is 18.1 Å². The Kier molecular flexibility index (Phi) is 4.59. The molecule has 0 aliphatic heterocycles. The molecule has 0 aliphatic carbocycles. The second kappa shape index (κ2) is 6.19. The van der Waals surface area contributed by atoms with Gasteiger partial charge < -0.3 is 0 Å². The van der Waals surface area contributed by atoms with Gasteiger partial charge in [0.1, 0.15) is 0 Å². The monoisotopic (exact) mass is 306 g/mol. The van der Waals surface area contributed by atoms with E-state index in [1.165, 1.54) is 17.0 Å². The van der Waals surface area contributed by atoms with Crippen molar-refractivity contribution in [1.82, 2.24) is 9.78 Å². The lowest BCUT2D eigenvalue weighted by Crippen LogP contribution is -2.08. The predicted octanol–water partition coefficient (Wildman–Crippen LogP) is 3.70. The zero-order valence-electron chi connectivity index (χ0n) is 10.9. The molecule has 1 atom stereocenters. The number of alkyl halides is 1. The van der Waals surface area contributed by atoms with Crippen LogP contribution in [0.1, 0.15) is 29.8 Å². The summed E-state index contributed by atoms with van der Waals surface area (Å²) in [5.41, 5.74) is 3.86. The zero-order chi connectivity index (χ0) is 13.0. The highest BCUT2D eigenvalue weighted by Crippen LogP contribution is 2.23. The van der Waals surface area contributed by atoms with Crippen LogP contribution in [-0.4, -0.2) is 15.1 Å². The fourth-order valence-corrected chi connectivity index (χ4v) is 2.78. The third-order valence-electron chi connectivity index (χ3n) is 3.30. The van der Waals surface area contributed by atoms with Crippen molar-refractivity contribution in [2.75, 3.05) is 5.33 Å². The van der Waals surface area contributed by atoms with E-state index in [2.05, 4.69) is 64.4 Å². The van der Waals surface area contributed by atoms with Crippen molar-refractivity contribution in [3.63, 3.8) is 0 Å². The minimum atomic E-state index is 0.506. The van der Waals surface area contributed by atoms with Crippen LogP contribution in [0.3, 0.4) is 0 Å². The molecule has 1 unspecified atom stereocenters. The highest BCUT2D eigenvalue weighted by atomic mass is 79.9. The Hall–Kier alpha value is -1.09. The second-order valence-corrected chi connectivity index (χ2v) is 5.22. The Morgan fingerprint density at radius 1 is 1.28 bits per heavy atom. The van der Waals surface area contributed by atoms with Crippen LogP contribution in [0.15, 0.2) is 36.4 Å². The first-order valence-electron chi connectivity index (χ1n) is 6.37. The van der Waals surface area contributed by atoms with Gasteiger partial charge in [0.05, 0.1) is 5.69 Å². The number of benzene rings is 1. The Morgan fingerprint density at radius 3 is 2.56 bits per heavy atom. The third-order valence-corrected chi connectivity index (χ3v) is 4.08. The molecule has 0 spiro atoms. The van der Waals surface area contributed by atoms with Crippen LogP contribution in [0.2, 0.25) is 0 Å². The average molecular weight is 307 g/mol. The Morgan fingerprint density at radius 2 is 2.00 bits per heavy atom. The summed E-state index contributed by atoms with van der Waals surface area (Å²) in [5.74, 6) is 0.506. The summed E-state index contributed by atoms with van der Waals surface area (Å²) in [5, 5.41) is 5.49. The van der Waals surface area contributed by atoms with E-state index >= 15 is 0 Å². The normalized spacial score (nSPS) is 12.6. The molecule has 0 aliphatic rings. The maximum absolute atomic E-state index is 4.51. The molecule has 2 nitrogen and oxygen atoms in total. The number of halogens is 1. The Bertz CT molecular complexity index is 490. The maximum atomic E-state index is 4.51. The van der Waals surface area contributed by atoms with Crippen molar-refractivity contribution in [3.05, 3.63) is 53.3 Å². The van der Waals surface area contributed by atoms with Crippen LogP contribution in [0.25, 0.3) is 0 Å². The van der Waals surface area contributed by atoms with Gasteiger partial charge in [0.15, 0.2) is 0 Å². The van der Waals surface area contributed by atoms with Gasteiger partial charge in [-0.2, -0.15) is 5.10 Å². The van der Waals surface area contributed by atoms with Crippen molar-refractivity contribution >= 4 is 15.9 Å². The number of rotatable bonds is 5. The average Bonchev–Trinajstić information content (AvgIpc) is 2.77. The van der Waals surface area contributed by atoms with Gasteiger partial charge in [0.2, 0.25) is 0 Å². The summed E-state index contributed by atoms with van der Waals surface area (Å²) in [4.78, 5) is 0. The van der Waals surface area contributed by atoms with Crippen molar-refractivity contribution < 1.29 is 0 Å². The molecule has 0 radical (unpaired) electrons. The number of hydrogen-bond acceptors (Lipinski definition) is 1. The van der Waals surface area contributed by atoms with Crippen LogP contribution >= 0.6 is 15.9 Å². The molecule has 0 fully saturated rings. The highest BCUT2D eigenvalue weighted by molar-refractivity contribution is 9.09. The van der Waals surface area contributed by atoms with E-state index < -0.39 is 0 Å². The van der Waals surface area contributed by atoms with Crippen LogP contribution in [0.4, 0.5) is 0 Å². The minimum absolute atomic E-state index is 0.506. The number of aromatic nitrogens is 2. The maximum Gasteiger partial charge on any atom is 0.0624 e. The lowest BCUT2D eigenvalue weighted by Gasteiger charge is -2.14. The molecule has 2 rings (SSSR count). The minimum Gasteiger partial charge on any atom is -0.272 e. The molecular weight excluding hydrogens is 288 g/mol. The molecule has 96 valence electrons. The molecule has 0 saturated carbocycles. The molecule has 0 amide bonds. The Balaban J connectivity index is 2.18. The Labute approximate surface area is 117 Å². The first kappa shape index (κ1) is 13.3. The molecule has 0 N–H and O–H groups in total. The summed E-state index contributed by atoms with van der Waals surface area (Å²) < 4.78 is 2.01. The van der Waals surface area contributed by atoms with Crippen LogP contribution < -0.4 is 0 Å². The molecule has 0 saturated heterocycles. The first-order valence-corrected chi connectivity index (χ1v) is 7.49. The summed E-state index contributed by atoms with van der Waals surface area (Å²) in [6.07, 6.45) is 2.02. The molecule has 2 aromatic rings. The van der Waals surface area contributed by atoms with Gasteiger partial charge >= 0.3 is 0 Å². The lowest BCUT2D eigenvalue weighted by molar-refractivity contribution is 0.658. The molecule has 18 heavy (non-hydrogen) atoms. The van der Waals surface area contributed by atoms with Crippen molar-refractivity contribution in [1.29, 1.82) is 0 Å². The van der Waals surface area contributed by atoms with Crippen LogP contribution in [0.5, 0.6) is 0 Å². The van der Waals surface area contributed by atoms with Crippen LogP contribution in [-0.2, 0) is 19.9 Å². The largest absolute Gasteiger partial charge is 0.272 e. The number of hydrogen-bond donors (Lipinski definition) is 0. The van der Waals surface area contributed by atoms with Crippen molar-refractivity contribution in [2.24, 2.45) is 7.05 Å². The fourth-order valence-electron chi connectivity index (χ4n) is 2.17. The van der Waals surface area contributed by atoms with Gasteiger partial charge in [-0.1, -0.05) is 53.2 Å². The van der Waals surface area contributed by atoms with Gasteiger partial charge in [-0.05, 0) is 30.4 Å². The van der Waals surface area contributed by atoms with E-state index in [0.717, 1.165) is 18.2 Å². The zero-order valence-corrected chi connectivity index (χ0v) is 12.5. The number of aryl methyl sites for hydroxylation is 2. The van der Waals surface area contributed by atoms with Crippen molar-refractivity contribution in [2.45, 2.75) is 25.7 Å². The van der Waals surface area contributed by atoms with Crippen LogP contribution in [0, 0.1) is 0 Å². The fraction of sp³-hybridized carbons (Fsp3) is 0.400. The van der Waals surface area contributed by atoms with Gasteiger partial charge in [-0.15, -0.1) is 0 Å². The van der Waals surface area contributed by atoms with Gasteiger partial charge in [-0.3, -0.25) is 4.68 Å². The van der Waals surface area contributed by atoms with Gasteiger partial charge in [0.25, 0.3) is 0 Å². The topological polar surface area (TPSA) is 17.8 Å². The molecular formula is C15H19BrN2. The molecule has 0 bridgehead atoms. The van der Waals surface area contributed by atoms with E-state index in [4.69, 9.17) is 0 Å². The molecule has 1 aromatic carbocycles. The third kappa shape index (κ3) is 3.02. The molecule has 1 heterocycles. The molecule has 1 aromatic heterocycles. The predicted molar refractivity (Wildman–Crippen MR) is 79.3 cm³/mol. The SMILES string of the molecule is CCc1cc(CC(CBr)c2ccccc2)n(C)n1. The quantitative estimate of drug-likeness (QED) is 0.770. The lowest BCUT2D eigenvalue weighted by atomic mass is 9.96. The second-order valence-electron chi connectivity index (χ2n) is 4.57. The summed E-state index contributed by atoms with van der Waals surface area (Å²) in [6.45, 7) is 2.14. The highest BCUT2D eigenvalue weighted by Gasteiger charge is 2.13. The van der Waals surface area contributed by atoms with E-state index in [-0.39, 0.29) is 0 Å². The van der Waals surface area contributed by atoms with E-state index in [1.807, 2.05) is 11.7 Å². The smallest absolute Gasteiger partial charge is 0.0624 e. The van der Waals surface area contributed by atoms with E-state index in [0.29, 0.717) is 5.92 Å². The van der Waals surface area contributed by atoms with Crippen molar-refractivity contribution in [3.8, 4) is 0 Å². The van der Waals surface area contributed by atoms with E-state index in [9.17, 15) is 0 Å². The van der Waals surface area contributed by atoms with E-state index in [1.54, 1.807) is 0 Å². The number of nitrogens with zero attached hydrogens (tertiary/aromatic N) is 2. The first-order chi connectivity index (χ1) is 8.74. The summed E-state index contributed by atoms with van der Waals surface area (Å²) in [6, 6.07) is 12.9. The van der Waals surface area contributed by atoms with Gasteiger partial charge in [-0.25, -0.2) is 0 Å². The standard InChI is InChI=1S/C15H19BrN2/c1-3-14-10-15(18(2)17-14)9-13(11-16)12-7-5-4-6-8-12/h4-8,10,13H,3,9,11H2,1-2H3. The molecule has 3 heteroatoms. The summed E-state index contributed by atoms with van der Waals surface area (Å²) in [7, 11) is 2.03.